The average molecular weight is 445 g/mol. The molecule has 0 spiro atoms. The first-order chi connectivity index (χ1) is 14.6. The second-order valence-corrected chi connectivity index (χ2v) is 7.20. The average Bonchev–Trinajstić information content (AvgIpc) is 2.78. The van der Waals surface area contributed by atoms with Crippen molar-refractivity contribution in [2.75, 3.05) is 14.2 Å². The van der Waals surface area contributed by atoms with Gasteiger partial charge < -0.3 is 19.6 Å². The number of rotatable bonds is 9. The highest BCUT2D eigenvalue weighted by atomic mass is 35.5. The highest BCUT2D eigenvalue weighted by Gasteiger charge is 2.04. The summed E-state index contributed by atoms with van der Waals surface area (Å²) in [6, 6.07) is 18.9. The molecular formula is C23H22Cl2N2O3. The van der Waals surface area contributed by atoms with Gasteiger partial charge in [-0.3, -0.25) is 0 Å². The van der Waals surface area contributed by atoms with E-state index in [0.717, 1.165) is 22.4 Å². The molecule has 0 amide bonds. The van der Waals surface area contributed by atoms with E-state index < -0.39 is 0 Å². The number of hydrogen-bond acceptors (Lipinski definition) is 5. The Hall–Kier alpha value is -2.89. The molecule has 5 nitrogen and oxygen atoms in total. The third-order valence-electron chi connectivity index (χ3n) is 4.31. The topological polar surface area (TPSA) is 52.1 Å². The van der Waals surface area contributed by atoms with Crippen LogP contribution in [0.25, 0.3) is 0 Å². The number of nitrogens with zero attached hydrogens (tertiary/aromatic N) is 1. The van der Waals surface area contributed by atoms with Gasteiger partial charge in [-0.25, -0.2) is 0 Å². The fourth-order valence-electron chi connectivity index (χ4n) is 2.69. The van der Waals surface area contributed by atoms with Crippen LogP contribution in [0.1, 0.15) is 16.7 Å². The van der Waals surface area contributed by atoms with Gasteiger partial charge >= 0.3 is 0 Å². The maximum absolute atomic E-state index is 6.02. The molecule has 0 saturated carbocycles. The van der Waals surface area contributed by atoms with Gasteiger partial charge in [-0.1, -0.05) is 35.3 Å². The summed E-state index contributed by atoms with van der Waals surface area (Å²) in [6.07, 6.45) is 1.75. The number of halogens is 2. The molecular weight excluding hydrogens is 423 g/mol. The lowest BCUT2D eigenvalue weighted by Gasteiger charge is -2.09. The van der Waals surface area contributed by atoms with Crippen molar-refractivity contribution in [3.05, 3.63) is 87.4 Å². The van der Waals surface area contributed by atoms with Crippen LogP contribution in [0.3, 0.4) is 0 Å². The molecule has 156 valence electrons. The van der Waals surface area contributed by atoms with Crippen LogP contribution in [-0.2, 0) is 13.2 Å². The maximum Gasteiger partial charge on any atom is 0.161 e. The first-order valence-corrected chi connectivity index (χ1v) is 9.98. The number of ether oxygens (including phenoxy) is 3. The minimum Gasteiger partial charge on any atom is -0.493 e. The van der Waals surface area contributed by atoms with Crippen molar-refractivity contribution in [2.24, 2.45) is 5.10 Å². The zero-order valence-electron chi connectivity index (χ0n) is 16.7. The Morgan fingerprint density at radius 1 is 0.833 bits per heavy atom. The molecule has 3 rings (SSSR count). The Bertz CT molecular complexity index is 1010. The van der Waals surface area contributed by atoms with Crippen molar-refractivity contribution in [2.45, 2.75) is 13.2 Å². The Balaban J connectivity index is 1.49. The van der Waals surface area contributed by atoms with E-state index in [9.17, 15) is 0 Å². The Labute approximate surface area is 186 Å². The number of hydrazone groups is 1. The largest absolute Gasteiger partial charge is 0.493 e. The fraction of sp³-hybridized carbons (Fsp3) is 0.174. The van der Waals surface area contributed by atoms with Crippen molar-refractivity contribution < 1.29 is 14.2 Å². The fourth-order valence-corrected chi connectivity index (χ4v) is 3.01. The van der Waals surface area contributed by atoms with Gasteiger partial charge in [0, 0.05) is 0 Å². The van der Waals surface area contributed by atoms with Crippen molar-refractivity contribution in [3.8, 4) is 17.2 Å². The predicted octanol–water partition coefficient (Wildman–Crippen LogP) is 5.71. The third kappa shape index (κ3) is 6.05. The molecule has 7 heteroatoms. The lowest BCUT2D eigenvalue weighted by molar-refractivity contribution is 0.306. The molecule has 3 aromatic rings. The first kappa shape index (κ1) is 21.8. The number of methoxy groups -OCH3 is 2. The standard InChI is InChI=1S/C23H22Cl2N2O3/c1-28-22-10-6-17(12-23(22)29-2)14-27-26-13-16-3-7-19(8-4-16)30-15-18-5-9-20(24)21(25)11-18/h3-13,27H,14-15H2,1-2H3/b26-13-. The maximum atomic E-state index is 6.02. The second-order valence-electron chi connectivity index (χ2n) is 6.39. The molecule has 0 aliphatic carbocycles. The molecule has 0 atom stereocenters. The molecule has 0 aliphatic heterocycles. The summed E-state index contributed by atoms with van der Waals surface area (Å²) in [6.45, 7) is 0.985. The molecule has 0 saturated heterocycles. The van der Waals surface area contributed by atoms with Crippen LogP contribution in [-0.4, -0.2) is 20.4 Å². The van der Waals surface area contributed by atoms with Crippen LogP contribution in [0, 0.1) is 0 Å². The molecule has 0 aliphatic rings. The van der Waals surface area contributed by atoms with Crippen LogP contribution in [0.4, 0.5) is 0 Å². The van der Waals surface area contributed by atoms with E-state index in [1.165, 1.54) is 0 Å². The van der Waals surface area contributed by atoms with Crippen LogP contribution in [0.5, 0.6) is 17.2 Å². The molecule has 3 aromatic carbocycles. The van der Waals surface area contributed by atoms with Crippen molar-refractivity contribution in [3.63, 3.8) is 0 Å². The zero-order valence-corrected chi connectivity index (χ0v) is 18.2. The highest BCUT2D eigenvalue weighted by molar-refractivity contribution is 6.42. The lowest BCUT2D eigenvalue weighted by Crippen LogP contribution is -2.06. The normalized spacial score (nSPS) is 10.8. The molecule has 0 bridgehead atoms. The number of nitrogens with one attached hydrogen (secondary N) is 1. The van der Waals surface area contributed by atoms with E-state index >= 15 is 0 Å². The Morgan fingerprint density at radius 2 is 1.57 bits per heavy atom. The molecule has 0 heterocycles. The van der Waals surface area contributed by atoms with Gasteiger partial charge in [0.1, 0.15) is 12.4 Å². The van der Waals surface area contributed by atoms with Crippen molar-refractivity contribution in [1.82, 2.24) is 5.43 Å². The van der Waals surface area contributed by atoms with Gasteiger partial charge in [0.25, 0.3) is 0 Å². The minimum atomic E-state index is 0.414. The summed E-state index contributed by atoms with van der Waals surface area (Å²) in [5.41, 5.74) is 5.97. The van der Waals surface area contributed by atoms with Crippen LogP contribution < -0.4 is 19.6 Å². The van der Waals surface area contributed by atoms with E-state index in [1.54, 1.807) is 32.6 Å². The van der Waals surface area contributed by atoms with E-state index in [4.69, 9.17) is 37.4 Å². The summed E-state index contributed by atoms with van der Waals surface area (Å²) in [4.78, 5) is 0. The summed E-state index contributed by atoms with van der Waals surface area (Å²) in [5.74, 6) is 2.15. The van der Waals surface area contributed by atoms with E-state index in [-0.39, 0.29) is 0 Å². The van der Waals surface area contributed by atoms with Crippen LogP contribution in [0.2, 0.25) is 10.0 Å². The number of benzene rings is 3. The van der Waals surface area contributed by atoms with Gasteiger partial charge in [0.15, 0.2) is 11.5 Å². The summed E-state index contributed by atoms with van der Waals surface area (Å²) >= 11 is 12.0. The van der Waals surface area contributed by atoms with E-state index in [2.05, 4.69) is 10.5 Å². The van der Waals surface area contributed by atoms with Crippen molar-refractivity contribution >= 4 is 29.4 Å². The molecule has 0 fully saturated rings. The lowest BCUT2D eigenvalue weighted by atomic mass is 10.2. The van der Waals surface area contributed by atoms with Gasteiger partial charge in [0.2, 0.25) is 0 Å². The monoisotopic (exact) mass is 444 g/mol. The smallest absolute Gasteiger partial charge is 0.161 e. The minimum absolute atomic E-state index is 0.414. The molecule has 0 radical (unpaired) electrons. The Morgan fingerprint density at radius 3 is 2.27 bits per heavy atom. The van der Waals surface area contributed by atoms with Gasteiger partial charge in [-0.15, -0.1) is 0 Å². The van der Waals surface area contributed by atoms with Crippen LogP contribution >= 0.6 is 23.2 Å². The third-order valence-corrected chi connectivity index (χ3v) is 5.04. The second kappa shape index (κ2) is 10.8. The SMILES string of the molecule is COc1ccc(CN/N=C\c2ccc(OCc3ccc(Cl)c(Cl)c3)cc2)cc1OC. The van der Waals surface area contributed by atoms with E-state index in [1.807, 2.05) is 48.5 Å². The summed E-state index contributed by atoms with van der Waals surface area (Å²) in [7, 11) is 3.23. The van der Waals surface area contributed by atoms with Crippen LogP contribution in [0.15, 0.2) is 65.8 Å². The Kier molecular flexibility index (Phi) is 7.82. The summed E-state index contributed by atoms with van der Waals surface area (Å²) < 4.78 is 16.3. The van der Waals surface area contributed by atoms with Gasteiger partial charge in [0.05, 0.1) is 37.0 Å². The number of hydrogen-bond donors (Lipinski definition) is 1. The predicted molar refractivity (Wildman–Crippen MR) is 121 cm³/mol. The summed E-state index contributed by atoms with van der Waals surface area (Å²) in [5, 5.41) is 5.31. The van der Waals surface area contributed by atoms with Gasteiger partial charge in [-0.05, 0) is 65.2 Å². The van der Waals surface area contributed by atoms with Gasteiger partial charge in [-0.2, -0.15) is 5.10 Å². The molecule has 0 aromatic heterocycles. The quantitative estimate of drug-likeness (QED) is 0.339. The van der Waals surface area contributed by atoms with Crippen molar-refractivity contribution in [1.29, 1.82) is 0 Å². The molecule has 30 heavy (non-hydrogen) atoms. The van der Waals surface area contributed by atoms with E-state index in [0.29, 0.717) is 34.7 Å². The molecule has 1 N–H and O–H groups in total. The highest BCUT2D eigenvalue weighted by Crippen LogP contribution is 2.27. The zero-order chi connectivity index (χ0) is 21.3. The first-order valence-electron chi connectivity index (χ1n) is 9.22. The molecule has 0 unspecified atom stereocenters.